The first-order valence-electron chi connectivity index (χ1n) is 7.42. The lowest BCUT2D eigenvalue weighted by Gasteiger charge is -2.09. The highest BCUT2D eigenvalue weighted by atomic mass is 35.5. The van der Waals surface area contributed by atoms with E-state index in [-0.39, 0.29) is 11.8 Å². The molecule has 0 spiro atoms. The maximum Gasteiger partial charge on any atom is 0.228 e. The standard InChI is InChI=1S/C18H17ClN2O2/c1-10(2)17(22)20-12-5-6-14(19)13(9-12)18-21-15-8-11(3)4-7-16(15)23-18/h4-10H,1-3H3,(H,20,22). The van der Waals surface area contributed by atoms with E-state index in [2.05, 4.69) is 10.3 Å². The first-order chi connectivity index (χ1) is 10.9. The van der Waals surface area contributed by atoms with Crippen LogP contribution >= 0.6 is 11.6 Å². The van der Waals surface area contributed by atoms with Gasteiger partial charge in [0.15, 0.2) is 5.58 Å². The first kappa shape index (κ1) is 15.6. The number of hydrogen-bond acceptors (Lipinski definition) is 3. The Labute approximate surface area is 139 Å². The minimum Gasteiger partial charge on any atom is -0.436 e. The molecule has 0 fully saturated rings. The second-order valence-corrected chi connectivity index (χ2v) is 6.24. The quantitative estimate of drug-likeness (QED) is 0.731. The second-order valence-electron chi connectivity index (χ2n) is 5.83. The third-order valence-corrected chi connectivity index (χ3v) is 3.86. The molecule has 3 aromatic rings. The highest BCUT2D eigenvalue weighted by Crippen LogP contribution is 2.32. The molecule has 1 heterocycles. The van der Waals surface area contributed by atoms with Crippen LogP contribution in [0.15, 0.2) is 40.8 Å². The highest BCUT2D eigenvalue weighted by Gasteiger charge is 2.14. The summed E-state index contributed by atoms with van der Waals surface area (Å²) in [5.74, 6) is 0.295. The lowest BCUT2D eigenvalue weighted by atomic mass is 10.1. The van der Waals surface area contributed by atoms with Gasteiger partial charge in [0.2, 0.25) is 11.8 Å². The molecule has 1 aromatic heterocycles. The Bertz CT molecular complexity index is 884. The number of amides is 1. The van der Waals surface area contributed by atoms with Crippen molar-refractivity contribution in [2.45, 2.75) is 20.8 Å². The molecule has 0 bridgehead atoms. The maximum absolute atomic E-state index is 11.8. The third-order valence-electron chi connectivity index (χ3n) is 3.53. The molecule has 0 aliphatic carbocycles. The molecule has 0 saturated carbocycles. The zero-order valence-corrected chi connectivity index (χ0v) is 13.9. The summed E-state index contributed by atoms with van der Waals surface area (Å²) in [5, 5.41) is 3.38. The Kier molecular flexibility index (Phi) is 4.09. The van der Waals surface area contributed by atoms with E-state index in [4.69, 9.17) is 16.0 Å². The minimum atomic E-state index is -0.0959. The monoisotopic (exact) mass is 328 g/mol. The van der Waals surface area contributed by atoms with Crippen molar-refractivity contribution in [1.29, 1.82) is 0 Å². The topological polar surface area (TPSA) is 55.1 Å². The van der Waals surface area contributed by atoms with Crippen LogP contribution in [0.3, 0.4) is 0 Å². The van der Waals surface area contributed by atoms with Crippen LogP contribution in [0.25, 0.3) is 22.6 Å². The number of rotatable bonds is 3. The van der Waals surface area contributed by atoms with Crippen LogP contribution in [0, 0.1) is 12.8 Å². The van der Waals surface area contributed by atoms with Crippen LogP contribution in [0.1, 0.15) is 19.4 Å². The van der Waals surface area contributed by atoms with Crippen LogP contribution in [0.2, 0.25) is 5.02 Å². The molecule has 0 saturated heterocycles. The minimum absolute atomic E-state index is 0.0496. The van der Waals surface area contributed by atoms with E-state index in [1.165, 1.54) is 0 Å². The van der Waals surface area contributed by atoms with E-state index in [0.717, 1.165) is 11.1 Å². The highest BCUT2D eigenvalue weighted by molar-refractivity contribution is 6.33. The van der Waals surface area contributed by atoms with Crippen molar-refractivity contribution in [2.75, 3.05) is 5.32 Å². The van der Waals surface area contributed by atoms with Gasteiger partial charge in [0.1, 0.15) is 5.52 Å². The van der Waals surface area contributed by atoms with Gasteiger partial charge in [-0.05, 0) is 42.8 Å². The van der Waals surface area contributed by atoms with Crippen molar-refractivity contribution in [3.8, 4) is 11.5 Å². The lowest BCUT2D eigenvalue weighted by molar-refractivity contribution is -0.118. The maximum atomic E-state index is 11.8. The number of benzene rings is 2. The average Bonchev–Trinajstić information content (AvgIpc) is 2.91. The van der Waals surface area contributed by atoms with Gasteiger partial charge in [-0.2, -0.15) is 0 Å². The molecule has 4 nitrogen and oxygen atoms in total. The van der Waals surface area contributed by atoms with Crippen LogP contribution in [-0.4, -0.2) is 10.9 Å². The summed E-state index contributed by atoms with van der Waals surface area (Å²) in [6, 6.07) is 11.1. The predicted molar refractivity (Wildman–Crippen MR) is 92.7 cm³/mol. The Morgan fingerprint density at radius 3 is 2.74 bits per heavy atom. The summed E-state index contributed by atoms with van der Waals surface area (Å²) in [6.07, 6.45) is 0. The normalized spacial score (nSPS) is 11.2. The number of fused-ring (bicyclic) bond motifs is 1. The molecule has 0 aliphatic heterocycles. The van der Waals surface area contributed by atoms with Crippen molar-refractivity contribution in [3.63, 3.8) is 0 Å². The van der Waals surface area contributed by atoms with Gasteiger partial charge in [-0.1, -0.05) is 31.5 Å². The van der Waals surface area contributed by atoms with Crippen molar-refractivity contribution in [3.05, 3.63) is 47.0 Å². The van der Waals surface area contributed by atoms with E-state index in [1.54, 1.807) is 18.2 Å². The van der Waals surface area contributed by atoms with E-state index < -0.39 is 0 Å². The summed E-state index contributed by atoms with van der Waals surface area (Å²) < 4.78 is 5.79. The Hall–Kier alpha value is -2.33. The summed E-state index contributed by atoms with van der Waals surface area (Å²) >= 11 is 6.28. The fourth-order valence-electron chi connectivity index (χ4n) is 2.21. The van der Waals surface area contributed by atoms with Gasteiger partial charge in [-0.15, -0.1) is 0 Å². The molecule has 5 heteroatoms. The molecule has 0 unspecified atom stereocenters. The van der Waals surface area contributed by atoms with Crippen LogP contribution in [0.4, 0.5) is 5.69 Å². The molecule has 23 heavy (non-hydrogen) atoms. The van der Waals surface area contributed by atoms with Crippen molar-refractivity contribution < 1.29 is 9.21 Å². The number of carbonyl (C=O) groups excluding carboxylic acids is 1. The zero-order chi connectivity index (χ0) is 16.6. The molecular weight excluding hydrogens is 312 g/mol. The second kappa shape index (κ2) is 6.05. The molecule has 0 radical (unpaired) electrons. The van der Waals surface area contributed by atoms with E-state index in [9.17, 15) is 4.79 Å². The number of nitrogens with one attached hydrogen (secondary N) is 1. The molecular formula is C18H17ClN2O2. The van der Waals surface area contributed by atoms with E-state index >= 15 is 0 Å². The summed E-state index contributed by atoms with van der Waals surface area (Å²) in [6.45, 7) is 5.69. The molecule has 2 aromatic carbocycles. The van der Waals surface area contributed by atoms with Crippen molar-refractivity contribution in [1.82, 2.24) is 4.98 Å². The molecule has 0 aliphatic rings. The van der Waals surface area contributed by atoms with Gasteiger partial charge in [0.05, 0.1) is 10.6 Å². The average molecular weight is 329 g/mol. The van der Waals surface area contributed by atoms with Gasteiger partial charge in [-0.25, -0.2) is 4.98 Å². The molecule has 1 amide bonds. The molecule has 1 N–H and O–H groups in total. The Balaban J connectivity index is 2.01. The van der Waals surface area contributed by atoms with Gasteiger partial charge in [-0.3, -0.25) is 4.79 Å². The van der Waals surface area contributed by atoms with Crippen molar-refractivity contribution in [2.24, 2.45) is 5.92 Å². The van der Waals surface area contributed by atoms with E-state index in [1.807, 2.05) is 39.0 Å². The summed E-state index contributed by atoms with van der Waals surface area (Å²) in [4.78, 5) is 16.3. The molecule has 118 valence electrons. The van der Waals surface area contributed by atoms with Crippen molar-refractivity contribution >= 4 is 34.3 Å². The van der Waals surface area contributed by atoms with Crippen LogP contribution in [-0.2, 0) is 4.79 Å². The summed E-state index contributed by atoms with van der Waals surface area (Å²) in [5.41, 5.74) is 3.93. The first-order valence-corrected chi connectivity index (χ1v) is 7.80. The number of oxazole rings is 1. The van der Waals surface area contributed by atoms with Crippen LogP contribution in [0.5, 0.6) is 0 Å². The number of anilines is 1. The third kappa shape index (κ3) is 3.22. The fourth-order valence-corrected chi connectivity index (χ4v) is 2.40. The lowest BCUT2D eigenvalue weighted by Crippen LogP contribution is -2.17. The number of hydrogen-bond donors (Lipinski definition) is 1. The van der Waals surface area contributed by atoms with E-state index in [0.29, 0.717) is 27.7 Å². The van der Waals surface area contributed by atoms with Gasteiger partial charge in [0.25, 0.3) is 0 Å². The number of nitrogens with zero attached hydrogens (tertiary/aromatic N) is 1. The van der Waals surface area contributed by atoms with Gasteiger partial charge >= 0.3 is 0 Å². The fraction of sp³-hybridized carbons (Fsp3) is 0.222. The largest absolute Gasteiger partial charge is 0.436 e. The van der Waals surface area contributed by atoms with Crippen LogP contribution < -0.4 is 5.32 Å². The zero-order valence-electron chi connectivity index (χ0n) is 13.2. The number of carbonyl (C=O) groups is 1. The Morgan fingerprint density at radius 2 is 2.00 bits per heavy atom. The number of halogens is 1. The summed E-state index contributed by atoms with van der Waals surface area (Å²) in [7, 11) is 0. The Morgan fingerprint density at radius 1 is 1.22 bits per heavy atom. The number of aryl methyl sites for hydroxylation is 1. The smallest absolute Gasteiger partial charge is 0.228 e. The predicted octanol–water partition coefficient (Wildman–Crippen LogP) is 5.05. The molecule has 0 atom stereocenters. The van der Waals surface area contributed by atoms with Gasteiger partial charge < -0.3 is 9.73 Å². The SMILES string of the molecule is Cc1ccc2oc(-c3cc(NC(=O)C(C)C)ccc3Cl)nc2c1. The van der Waals surface area contributed by atoms with Gasteiger partial charge in [0, 0.05) is 11.6 Å². The molecule has 3 rings (SSSR count). The number of aromatic nitrogens is 1.